The van der Waals surface area contributed by atoms with Crippen molar-refractivity contribution < 1.29 is 9.53 Å². The van der Waals surface area contributed by atoms with E-state index in [9.17, 15) is 9.59 Å². The maximum Gasteiger partial charge on any atom is 0.407 e. The highest BCUT2D eigenvalue weighted by Gasteiger charge is 2.18. The lowest BCUT2D eigenvalue weighted by molar-refractivity contribution is 0.0523. The summed E-state index contributed by atoms with van der Waals surface area (Å²) in [5, 5.41) is 2.62. The van der Waals surface area contributed by atoms with Crippen molar-refractivity contribution in [3.05, 3.63) is 22.1 Å². The van der Waals surface area contributed by atoms with Gasteiger partial charge in [0.05, 0.1) is 12.2 Å². The van der Waals surface area contributed by atoms with E-state index in [1.54, 1.807) is 20.8 Å². The van der Waals surface area contributed by atoms with Gasteiger partial charge in [-0.2, -0.15) is 0 Å². The predicted molar refractivity (Wildman–Crippen MR) is 87.6 cm³/mol. The molecule has 0 bridgehead atoms. The fourth-order valence-corrected chi connectivity index (χ4v) is 2.23. The second-order valence-corrected chi connectivity index (χ2v) is 6.71. The van der Waals surface area contributed by atoms with E-state index < -0.39 is 11.7 Å². The van der Waals surface area contributed by atoms with E-state index in [0.29, 0.717) is 11.6 Å². The van der Waals surface area contributed by atoms with Crippen LogP contribution in [0.4, 0.5) is 10.7 Å². The van der Waals surface area contributed by atoms with Gasteiger partial charge in [-0.15, -0.1) is 0 Å². The maximum atomic E-state index is 11.8. The zero-order valence-corrected chi connectivity index (χ0v) is 14.2. The smallest absolute Gasteiger partial charge is 0.407 e. The summed E-state index contributed by atoms with van der Waals surface area (Å²) in [5.74, 6) is 0.548. The third-order valence-electron chi connectivity index (χ3n) is 3.40. The van der Waals surface area contributed by atoms with Crippen LogP contribution in [-0.2, 0) is 11.3 Å². The molecule has 0 saturated carbocycles. The van der Waals surface area contributed by atoms with Gasteiger partial charge in [-0.05, 0) is 27.8 Å². The van der Waals surface area contributed by atoms with E-state index >= 15 is 0 Å². The first-order chi connectivity index (χ1) is 10.7. The number of hydrogen-bond acceptors (Lipinski definition) is 6. The van der Waals surface area contributed by atoms with Crippen molar-refractivity contribution in [1.82, 2.24) is 20.2 Å². The first-order valence-electron chi connectivity index (χ1n) is 7.73. The summed E-state index contributed by atoms with van der Waals surface area (Å²) in [6, 6.07) is 1.39. The van der Waals surface area contributed by atoms with E-state index in [1.807, 2.05) is 4.90 Å². The average Bonchev–Trinajstić information content (AvgIpc) is 2.43. The number of aromatic nitrogens is 2. The Labute approximate surface area is 135 Å². The lowest BCUT2D eigenvalue weighted by atomic mass is 10.2. The standard InChI is InChI=1S/C15H25N5O3/c1-15(2,3)23-14(22)16-10-11-9-12(21)18-13(17-11)20-7-5-19(4)6-8-20/h9H,5-8,10H2,1-4H3,(H,16,22)(H,17,18,21). The number of anilines is 1. The summed E-state index contributed by atoms with van der Waals surface area (Å²) in [6.45, 7) is 9.00. The molecule has 2 rings (SSSR count). The molecule has 1 aromatic rings. The Kier molecular flexibility index (Phi) is 5.25. The number of nitrogens with one attached hydrogen (secondary N) is 2. The zero-order valence-electron chi connectivity index (χ0n) is 14.2. The van der Waals surface area contributed by atoms with Gasteiger partial charge >= 0.3 is 6.09 Å². The fraction of sp³-hybridized carbons (Fsp3) is 0.667. The van der Waals surface area contributed by atoms with Crippen molar-refractivity contribution in [2.24, 2.45) is 0 Å². The topological polar surface area (TPSA) is 90.6 Å². The first-order valence-corrected chi connectivity index (χ1v) is 7.73. The number of alkyl carbamates (subject to hydrolysis) is 1. The molecule has 8 heteroatoms. The molecule has 23 heavy (non-hydrogen) atoms. The van der Waals surface area contributed by atoms with Crippen molar-refractivity contribution in [2.45, 2.75) is 32.9 Å². The van der Waals surface area contributed by atoms with Gasteiger partial charge < -0.3 is 19.9 Å². The Morgan fingerprint density at radius 2 is 2.00 bits per heavy atom. The van der Waals surface area contributed by atoms with Gasteiger partial charge in [0, 0.05) is 32.2 Å². The van der Waals surface area contributed by atoms with E-state index in [-0.39, 0.29) is 12.1 Å². The highest BCUT2D eigenvalue weighted by atomic mass is 16.6. The molecule has 0 atom stereocenters. The second-order valence-electron chi connectivity index (χ2n) is 6.71. The Bertz CT molecular complexity index is 600. The molecule has 2 N–H and O–H groups in total. The molecule has 1 amide bonds. The van der Waals surface area contributed by atoms with Gasteiger partial charge in [0.25, 0.3) is 5.56 Å². The van der Waals surface area contributed by atoms with Gasteiger partial charge in [-0.25, -0.2) is 9.78 Å². The van der Waals surface area contributed by atoms with E-state index in [0.717, 1.165) is 26.2 Å². The number of ether oxygens (including phenoxy) is 1. The number of nitrogens with zero attached hydrogens (tertiary/aromatic N) is 3. The monoisotopic (exact) mass is 323 g/mol. The minimum atomic E-state index is -0.559. The van der Waals surface area contributed by atoms with Crippen LogP contribution >= 0.6 is 0 Å². The molecular weight excluding hydrogens is 298 g/mol. The lowest BCUT2D eigenvalue weighted by Crippen LogP contribution is -2.45. The van der Waals surface area contributed by atoms with Crippen LogP contribution in [0.15, 0.2) is 10.9 Å². The Hall–Kier alpha value is -2.09. The van der Waals surface area contributed by atoms with Gasteiger partial charge in [0.15, 0.2) is 0 Å². The number of hydrogen-bond donors (Lipinski definition) is 2. The highest BCUT2D eigenvalue weighted by Crippen LogP contribution is 2.10. The van der Waals surface area contributed by atoms with Crippen molar-refractivity contribution in [3.8, 4) is 0 Å². The minimum absolute atomic E-state index is 0.152. The molecule has 8 nitrogen and oxygen atoms in total. The van der Waals surface area contributed by atoms with Crippen LogP contribution in [0.2, 0.25) is 0 Å². The summed E-state index contributed by atoms with van der Waals surface area (Å²) in [5.41, 5.74) is -0.278. The van der Waals surface area contributed by atoms with Crippen molar-refractivity contribution in [1.29, 1.82) is 0 Å². The number of H-pyrrole nitrogens is 1. The zero-order chi connectivity index (χ0) is 17.0. The number of carbonyl (C=O) groups is 1. The molecule has 1 fully saturated rings. The molecule has 1 aliphatic heterocycles. The normalized spacial score (nSPS) is 16.3. The van der Waals surface area contributed by atoms with E-state index in [2.05, 4.69) is 27.2 Å². The van der Waals surface area contributed by atoms with Crippen LogP contribution in [0.1, 0.15) is 26.5 Å². The number of rotatable bonds is 3. The van der Waals surface area contributed by atoms with E-state index in [1.165, 1.54) is 6.07 Å². The average molecular weight is 323 g/mol. The first kappa shape index (κ1) is 17.3. The molecule has 0 aromatic carbocycles. The summed E-state index contributed by atoms with van der Waals surface area (Å²) >= 11 is 0. The number of amides is 1. The number of likely N-dealkylation sites (N-methyl/N-ethyl adjacent to an activating group) is 1. The number of carbonyl (C=O) groups excluding carboxylic acids is 1. The van der Waals surface area contributed by atoms with Crippen molar-refractivity contribution in [2.75, 3.05) is 38.1 Å². The molecule has 1 aromatic heterocycles. The summed E-state index contributed by atoms with van der Waals surface area (Å²) in [7, 11) is 2.06. The summed E-state index contributed by atoms with van der Waals surface area (Å²) in [6.07, 6.45) is -0.527. The van der Waals surface area contributed by atoms with Crippen molar-refractivity contribution in [3.63, 3.8) is 0 Å². The van der Waals surface area contributed by atoms with Crippen LogP contribution in [0.3, 0.4) is 0 Å². The SMILES string of the molecule is CN1CCN(c2nc(CNC(=O)OC(C)(C)C)cc(=O)[nH]2)CC1. The molecule has 0 spiro atoms. The quantitative estimate of drug-likeness (QED) is 0.844. The van der Waals surface area contributed by atoms with Gasteiger partial charge in [-0.1, -0.05) is 0 Å². The third kappa shape index (κ3) is 5.55. The maximum absolute atomic E-state index is 11.8. The molecule has 1 saturated heterocycles. The van der Waals surface area contributed by atoms with E-state index in [4.69, 9.17) is 4.74 Å². The molecule has 0 radical (unpaired) electrons. The van der Waals surface area contributed by atoms with Gasteiger partial charge in [-0.3, -0.25) is 9.78 Å². The Balaban J connectivity index is 2.00. The molecule has 0 unspecified atom stereocenters. The predicted octanol–water partition coefficient (Wildman–Crippen LogP) is 0.546. The van der Waals surface area contributed by atoms with Gasteiger partial charge in [0.2, 0.25) is 5.95 Å². The number of piperazine rings is 1. The van der Waals surface area contributed by atoms with Gasteiger partial charge in [0.1, 0.15) is 5.60 Å². The minimum Gasteiger partial charge on any atom is -0.444 e. The fourth-order valence-electron chi connectivity index (χ4n) is 2.23. The second kappa shape index (κ2) is 6.99. The molecule has 1 aliphatic rings. The Morgan fingerprint density at radius 3 is 2.61 bits per heavy atom. The molecule has 128 valence electrons. The molecule has 0 aliphatic carbocycles. The molecule has 2 heterocycles. The largest absolute Gasteiger partial charge is 0.444 e. The lowest BCUT2D eigenvalue weighted by Gasteiger charge is -2.32. The highest BCUT2D eigenvalue weighted by molar-refractivity contribution is 5.67. The summed E-state index contributed by atoms with van der Waals surface area (Å²) in [4.78, 5) is 34.9. The van der Waals surface area contributed by atoms with Crippen LogP contribution in [0, 0.1) is 0 Å². The third-order valence-corrected chi connectivity index (χ3v) is 3.40. The van der Waals surface area contributed by atoms with Crippen LogP contribution in [0.5, 0.6) is 0 Å². The van der Waals surface area contributed by atoms with Crippen molar-refractivity contribution >= 4 is 12.0 Å². The molecular formula is C15H25N5O3. The number of aromatic amines is 1. The Morgan fingerprint density at radius 1 is 1.35 bits per heavy atom. The van der Waals surface area contributed by atoms with Crippen LogP contribution in [0.25, 0.3) is 0 Å². The van der Waals surface area contributed by atoms with Crippen LogP contribution in [-0.4, -0.2) is 59.8 Å². The summed E-state index contributed by atoms with van der Waals surface area (Å²) < 4.78 is 5.17. The van der Waals surface area contributed by atoms with Crippen LogP contribution < -0.4 is 15.8 Å².